The molecule has 0 aliphatic carbocycles. The van der Waals surface area contributed by atoms with Gasteiger partial charge in [-0.05, 0) is 57.9 Å². The zero-order valence-corrected chi connectivity index (χ0v) is 18.2. The number of aliphatic carboxylic acids is 1. The minimum atomic E-state index is -1.12. The Kier molecular flexibility index (Phi) is 10.8. The first kappa shape index (κ1) is 25.8. The molecule has 1 heterocycles. The number of unbranched alkanes of at least 4 members (excludes halogenated alkanes) is 1. The number of likely N-dealkylation sites (tertiary alicyclic amines) is 1. The standard InChI is InChI=1S/C20H37N5O5/c1-12(2)11-15(20(29)30)24-17(26)14(7-4-5-9-21)23-18(27)16-8-6-10-25(16)19(28)13(3)22/h12-16H,4-11,21-22H2,1-3H3,(H,23,27)(H,24,26)(H,29,30). The van der Waals surface area contributed by atoms with Gasteiger partial charge in [-0.1, -0.05) is 13.8 Å². The Hall–Kier alpha value is -2.20. The van der Waals surface area contributed by atoms with E-state index >= 15 is 0 Å². The molecule has 0 aromatic rings. The largest absolute Gasteiger partial charge is 0.480 e. The van der Waals surface area contributed by atoms with E-state index in [1.807, 2.05) is 13.8 Å². The van der Waals surface area contributed by atoms with Crippen LogP contribution < -0.4 is 22.1 Å². The van der Waals surface area contributed by atoms with Crippen molar-refractivity contribution >= 4 is 23.7 Å². The first-order chi connectivity index (χ1) is 14.1. The predicted octanol–water partition coefficient (Wildman–Crippen LogP) is -0.446. The number of carbonyl (C=O) groups excluding carboxylic acids is 3. The van der Waals surface area contributed by atoms with Crippen molar-refractivity contribution in [1.29, 1.82) is 0 Å². The average molecular weight is 428 g/mol. The van der Waals surface area contributed by atoms with Gasteiger partial charge in [0.1, 0.15) is 18.1 Å². The van der Waals surface area contributed by atoms with E-state index in [1.54, 1.807) is 6.92 Å². The number of nitrogens with one attached hydrogen (secondary N) is 2. The van der Waals surface area contributed by atoms with Crippen LogP contribution in [0.3, 0.4) is 0 Å². The van der Waals surface area contributed by atoms with Crippen molar-refractivity contribution in [2.75, 3.05) is 13.1 Å². The first-order valence-corrected chi connectivity index (χ1v) is 10.7. The predicted molar refractivity (Wildman–Crippen MR) is 112 cm³/mol. The third kappa shape index (κ3) is 7.91. The smallest absolute Gasteiger partial charge is 0.326 e. The fraction of sp³-hybridized carbons (Fsp3) is 0.800. The molecule has 10 heteroatoms. The lowest BCUT2D eigenvalue weighted by atomic mass is 10.0. The van der Waals surface area contributed by atoms with Gasteiger partial charge in [0.2, 0.25) is 17.7 Å². The summed E-state index contributed by atoms with van der Waals surface area (Å²) in [6, 6.07) is -3.33. The summed E-state index contributed by atoms with van der Waals surface area (Å²) in [6.45, 7) is 6.20. The summed E-state index contributed by atoms with van der Waals surface area (Å²) in [7, 11) is 0. The molecular weight excluding hydrogens is 390 g/mol. The van der Waals surface area contributed by atoms with Gasteiger partial charge >= 0.3 is 5.97 Å². The van der Waals surface area contributed by atoms with Crippen LogP contribution in [0.15, 0.2) is 0 Å². The molecule has 1 aliphatic heterocycles. The Morgan fingerprint density at radius 2 is 1.77 bits per heavy atom. The number of nitrogens with zero attached hydrogens (tertiary/aromatic N) is 1. The van der Waals surface area contributed by atoms with E-state index < -0.39 is 42.0 Å². The second kappa shape index (κ2) is 12.5. The zero-order valence-electron chi connectivity index (χ0n) is 18.2. The summed E-state index contributed by atoms with van der Waals surface area (Å²) < 4.78 is 0. The van der Waals surface area contributed by atoms with Gasteiger partial charge in [0, 0.05) is 6.54 Å². The Morgan fingerprint density at radius 3 is 2.30 bits per heavy atom. The normalized spacial score (nSPS) is 19.3. The van der Waals surface area contributed by atoms with Gasteiger partial charge in [-0.2, -0.15) is 0 Å². The molecule has 1 fully saturated rings. The lowest BCUT2D eigenvalue weighted by Crippen LogP contribution is -2.56. The summed E-state index contributed by atoms with van der Waals surface area (Å²) >= 11 is 0. The van der Waals surface area contributed by atoms with Gasteiger partial charge in [0.15, 0.2) is 0 Å². The average Bonchev–Trinajstić information content (AvgIpc) is 3.15. The number of amides is 3. The van der Waals surface area contributed by atoms with E-state index in [0.717, 1.165) is 0 Å². The SMILES string of the molecule is CC(C)CC(NC(=O)C(CCCCN)NC(=O)C1CCCN1C(=O)C(C)N)C(=O)O. The van der Waals surface area contributed by atoms with Crippen LogP contribution in [0.1, 0.15) is 59.3 Å². The van der Waals surface area contributed by atoms with E-state index in [4.69, 9.17) is 11.5 Å². The van der Waals surface area contributed by atoms with Crippen LogP contribution in [0.25, 0.3) is 0 Å². The molecule has 1 saturated heterocycles. The number of rotatable bonds is 12. The summed E-state index contributed by atoms with van der Waals surface area (Å²) in [5.74, 6) is -2.32. The Morgan fingerprint density at radius 1 is 1.10 bits per heavy atom. The lowest BCUT2D eigenvalue weighted by molar-refractivity contribution is -0.143. The van der Waals surface area contributed by atoms with E-state index in [1.165, 1.54) is 4.90 Å². The molecular formula is C20H37N5O5. The third-order valence-corrected chi connectivity index (χ3v) is 5.13. The Bertz CT molecular complexity index is 610. The van der Waals surface area contributed by atoms with Crippen LogP contribution in [0, 0.1) is 5.92 Å². The molecule has 3 amide bonds. The number of nitrogens with two attached hydrogens (primary N) is 2. The molecule has 0 spiro atoms. The maximum atomic E-state index is 12.9. The van der Waals surface area contributed by atoms with Crippen LogP contribution in [-0.2, 0) is 19.2 Å². The first-order valence-electron chi connectivity index (χ1n) is 10.7. The highest BCUT2D eigenvalue weighted by molar-refractivity contribution is 5.94. The van der Waals surface area contributed by atoms with Crippen molar-refractivity contribution in [3.8, 4) is 0 Å². The Labute approximate surface area is 178 Å². The highest BCUT2D eigenvalue weighted by Gasteiger charge is 2.37. The molecule has 4 atom stereocenters. The fourth-order valence-electron chi connectivity index (χ4n) is 3.56. The molecule has 0 radical (unpaired) electrons. The van der Waals surface area contributed by atoms with Gasteiger partial charge in [0.25, 0.3) is 0 Å². The summed E-state index contributed by atoms with van der Waals surface area (Å²) in [4.78, 5) is 50.9. The second-order valence-electron chi connectivity index (χ2n) is 8.35. The molecule has 0 saturated carbocycles. The van der Waals surface area contributed by atoms with Gasteiger partial charge < -0.3 is 32.1 Å². The lowest BCUT2D eigenvalue weighted by Gasteiger charge is -2.28. The van der Waals surface area contributed by atoms with Crippen molar-refractivity contribution in [2.24, 2.45) is 17.4 Å². The number of carbonyl (C=O) groups is 4. The van der Waals surface area contributed by atoms with Crippen LogP contribution >= 0.6 is 0 Å². The molecule has 10 nitrogen and oxygen atoms in total. The minimum Gasteiger partial charge on any atom is -0.480 e. The third-order valence-electron chi connectivity index (χ3n) is 5.13. The monoisotopic (exact) mass is 427 g/mol. The van der Waals surface area contributed by atoms with Crippen LogP contribution in [0.2, 0.25) is 0 Å². The second-order valence-corrected chi connectivity index (χ2v) is 8.35. The van der Waals surface area contributed by atoms with Gasteiger partial charge in [0.05, 0.1) is 6.04 Å². The van der Waals surface area contributed by atoms with E-state index in [-0.39, 0.29) is 18.2 Å². The van der Waals surface area contributed by atoms with Gasteiger partial charge in [-0.25, -0.2) is 4.79 Å². The van der Waals surface area contributed by atoms with Crippen molar-refractivity contribution < 1.29 is 24.3 Å². The molecule has 0 bridgehead atoms. The molecule has 1 rings (SSSR count). The molecule has 0 aromatic heterocycles. The van der Waals surface area contributed by atoms with E-state index in [9.17, 15) is 24.3 Å². The molecule has 4 unspecified atom stereocenters. The molecule has 7 N–H and O–H groups in total. The van der Waals surface area contributed by atoms with E-state index in [0.29, 0.717) is 45.2 Å². The maximum absolute atomic E-state index is 12.9. The quantitative estimate of drug-likeness (QED) is 0.263. The minimum absolute atomic E-state index is 0.0768. The fourth-order valence-corrected chi connectivity index (χ4v) is 3.56. The number of hydrogen-bond donors (Lipinski definition) is 5. The molecule has 30 heavy (non-hydrogen) atoms. The van der Waals surface area contributed by atoms with Gasteiger partial charge in [-0.3, -0.25) is 14.4 Å². The summed E-state index contributed by atoms with van der Waals surface area (Å²) in [5.41, 5.74) is 11.2. The highest BCUT2D eigenvalue weighted by atomic mass is 16.4. The van der Waals surface area contributed by atoms with Gasteiger partial charge in [-0.15, -0.1) is 0 Å². The van der Waals surface area contributed by atoms with Crippen LogP contribution in [0.4, 0.5) is 0 Å². The Balaban J connectivity index is 2.88. The van der Waals surface area contributed by atoms with Crippen molar-refractivity contribution in [3.63, 3.8) is 0 Å². The van der Waals surface area contributed by atoms with Crippen molar-refractivity contribution in [3.05, 3.63) is 0 Å². The zero-order chi connectivity index (χ0) is 22.8. The van der Waals surface area contributed by atoms with Crippen LogP contribution in [-0.4, -0.2) is 71.0 Å². The summed E-state index contributed by atoms with van der Waals surface area (Å²) in [6.07, 6.45) is 3.06. The highest BCUT2D eigenvalue weighted by Crippen LogP contribution is 2.19. The summed E-state index contributed by atoms with van der Waals surface area (Å²) in [5, 5.41) is 14.7. The maximum Gasteiger partial charge on any atom is 0.326 e. The molecule has 0 aromatic carbocycles. The molecule has 1 aliphatic rings. The van der Waals surface area contributed by atoms with Crippen LogP contribution in [0.5, 0.6) is 0 Å². The number of hydrogen-bond acceptors (Lipinski definition) is 6. The number of carboxylic acid groups (broad SMARTS) is 1. The van der Waals surface area contributed by atoms with Crippen molar-refractivity contribution in [1.82, 2.24) is 15.5 Å². The topological polar surface area (TPSA) is 168 Å². The molecule has 172 valence electrons. The van der Waals surface area contributed by atoms with E-state index in [2.05, 4.69) is 10.6 Å². The number of carboxylic acids is 1. The van der Waals surface area contributed by atoms with Crippen molar-refractivity contribution in [2.45, 2.75) is 83.5 Å².